The Bertz CT molecular complexity index is 608. The number of aryl methyl sites for hydroxylation is 1. The van der Waals surface area contributed by atoms with Gasteiger partial charge in [0.2, 0.25) is 0 Å². The number of nitrogens with zero attached hydrogens (tertiary/aromatic N) is 2. The average Bonchev–Trinajstić information content (AvgIpc) is 2.52. The molecule has 1 saturated heterocycles. The van der Waals surface area contributed by atoms with Gasteiger partial charge in [-0.3, -0.25) is 4.98 Å². The van der Waals surface area contributed by atoms with Gasteiger partial charge in [0.25, 0.3) is 0 Å². The SMILES string of the molecule is CCCNC1CCCN(c2cccc3ccc(C)nc23)C1. The normalized spacial score (nSPS) is 19.1. The molecule has 1 aromatic heterocycles. The van der Waals surface area contributed by atoms with Crippen molar-refractivity contribution in [1.82, 2.24) is 10.3 Å². The number of piperidine rings is 1. The van der Waals surface area contributed by atoms with Crippen LogP contribution in [-0.2, 0) is 0 Å². The minimum absolute atomic E-state index is 0.610. The fraction of sp³-hybridized carbons (Fsp3) is 0.500. The molecule has 1 aliphatic rings. The van der Waals surface area contributed by atoms with Crippen LogP contribution < -0.4 is 10.2 Å². The highest BCUT2D eigenvalue weighted by atomic mass is 15.2. The van der Waals surface area contributed by atoms with Gasteiger partial charge in [-0.25, -0.2) is 0 Å². The molecule has 21 heavy (non-hydrogen) atoms. The Kier molecular flexibility index (Phi) is 4.39. The first-order valence-corrected chi connectivity index (χ1v) is 8.12. The lowest BCUT2D eigenvalue weighted by Crippen LogP contribution is -2.46. The van der Waals surface area contributed by atoms with Crippen molar-refractivity contribution in [3.05, 3.63) is 36.0 Å². The van der Waals surface area contributed by atoms with Gasteiger partial charge in [-0.15, -0.1) is 0 Å². The van der Waals surface area contributed by atoms with E-state index in [9.17, 15) is 0 Å². The summed E-state index contributed by atoms with van der Waals surface area (Å²) >= 11 is 0. The number of para-hydroxylation sites is 1. The van der Waals surface area contributed by atoms with Gasteiger partial charge in [-0.1, -0.05) is 25.1 Å². The second-order valence-electron chi connectivity index (χ2n) is 6.04. The van der Waals surface area contributed by atoms with Crippen molar-refractivity contribution in [2.24, 2.45) is 0 Å². The number of anilines is 1. The minimum Gasteiger partial charge on any atom is -0.368 e. The van der Waals surface area contributed by atoms with Gasteiger partial charge in [0.15, 0.2) is 0 Å². The van der Waals surface area contributed by atoms with Gasteiger partial charge in [-0.05, 0) is 44.9 Å². The van der Waals surface area contributed by atoms with Crippen molar-refractivity contribution in [2.45, 2.75) is 39.2 Å². The molecular weight excluding hydrogens is 258 g/mol. The molecule has 3 heteroatoms. The van der Waals surface area contributed by atoms with E-state index in [1.807, 2.05) is 0 Å². The zero-order valence-corrected chi connectivity index (χ0v) is 13.1. The molecule has 0 amide bonds. The topological polar surface area (TPSA) is 28.2 Å². The maximum absolute atomic E-state index is 4.78. The van der Waals surface area contributed by atoms with Crippen LogP contribution in [0.3, 0.4) is 0 Å². The second kappa shape index (κ2) is 6.44. The van der Waals surface area contributed by atoms with Crippen LogP contribution in [0.4, 0.5) is 5.69 Å². The van der Waals surface area contributed by atoms with Crippen LogP contribution in [0.1, 0.15) is 31.9 Å². The van der Waals surface area contributed by atoms with E-state index >= 15 is 0 Å². The third-order valence-electron chi connectivity index (χ3n) is 4.28. The molecular formula is C18H25N3. The van der Waals surface area contributed by atoms with Crippen molar-refractivity contribution in [3.8, 4) is 0 Å². The summed E-state index contributed by atoms with van der Waals surface area (Å²) in [5.74, 6) is 0. The highest BCUT2D eigenvalue weighted by Crippen LogP contribution is 2.27. The lowest BCUT2D eigenvalue weighted by atomic mass is 10.0. The van der Waals surface area contributed by atoms with E-state index in [4.69, 9.17) is 4.98 Å². The fourth-order valence-electron chi connectivity index (χ4n) is 3.20. The van der Waals surface area contributed by atoms with Crippen molar-refractivity contribution >= 4 is 16.6 Å². The fourth-order valence-corrected chi connectivity index (χ4v) is 3.20. The second-order valence-corrected chi connectivity index (χ2v) is 6.04. The quantitative estimate of drug-likeness (QED) is 0.930. The van der Waals surface area contributed by atoms with E-state index in [1.54, 1.807) is 0 Å². The molecule has 0 saturated carbocycles. The van der Waals surface area contributed by atoms with Crippen LogP contribution in [0.2, 0.25) is 0 Å². The maximum atomic E-state index is 4.78. The van der Waals surface area contributed by atoms with Crippen LogP contribution in [-0.4, -0.2) is 30.7 Å². The van der Waals surface area contributed by atoms with Crippen molar-refractivity contribution in [2.75, 3.05) is 24.5 Å². The Morgan fingerprint density at radius 2 is 2.19 bits per heavy atom. The van der Waals surface area contributed by atoms with Crippen LogP contribution in [0.25, 0.3) is 10.9 Å². The molecule has 1 atom stereocenters. The summed E-state index contributed by atoms with van der Waals surface area (Å²) in [4.78, 5) is 7.28. The van der Waals surface area contributed by atoms with E-state index in [1.165, 1.54) is 30.3 Å². The predicted molar refractivity (Wildman–Crippen MR) is 90.0 cm³/mol. The summed E-state index contributed by atoms with van der Waals surface area (Å²) in [6.07, 6.45) is 3.74. The van der Waals surface area contributed by atoms with Gasteiger partial charge in [0.1, 0.15) is 0 Å². The van der Waals surface area contributed by atoms with Crippen LogP contribution in [0.5, 0.6) is 0 Å². The number of aromatic nitrogens is 1. The number of benzene rings is 1. The number of hydrogen-bond donors (Lipinski definition) is 1. The number of hydrogen-bond acceptors (Lipinski definition) is 3. The molecule has 2 aromatic rings. The third kappa shape index (κ3) is 3.18. The van der Waals surface area contributed by atoms with Crippen LogP contribution >= 0.6 is 0 Å². The number of pyridine rings is 1. The number of fused-ring (bicyclic) bond motifs is 1. The third-order valence-corrected chi connectivity index (χ3v) is 4.28. The van der Waals surface area contributed by atoms with Gasteiger partial charge in [-0.2, -0.15) is 0 Å². The first-order chi connectivity index (χ1) is 10.3. The predicted octanol–water partition coefficient (Wildman–Crippen LogP) is 3.51. The van der Waals surface area contributed by atoms with Crippen LogP contribution in [0, 0.1) is 6.92 Å². The molecule has 3 nitrogen and oxygen atoms in total. The summed E-state index contributed by atoms with van der Waals surface area (Å²) in [6, 6.07) is 11.4. The standard InChI is InChI=1S/C18H25N3/c1-3-11-19-16-7-5-12-21(13-16)17-8-4-6-15-10-9-14(2)20-18(15)17/h4,6,8-10,16,19H,3,5,7,11-13H2,1-2H3. The molecule has 3 rings (SSSR count). The van der Waals surface area contributed by atoms with E-state index in [-0.39, 0.29) is 0 Å². The van der Waals surface area contributed by atoms with Gasteiger partial charge in [0.05, 0.1) is 11.2 Å². The zero-order chi connectivity index (χ0) is 14.7. The Labute approximate surface area is 127 Å². The molecule has 1 aromatic carbocycles. The summed E-state index contributed by atoms with van der Waals surface area (Å²) in [5, 5.41) is 4.91. The van der Waals surface area contributed by atoms with Gasteiger partial charge < -0.3 is 10.2 Å². The maximum Gasteiger partial charge on any atom is 0.0938 e. The Morgan fingerprint density at radius 1 is 1.29 bits per heavy atom. The molecule has 0 radical (unpaired) electrons. The minimum atomic E-state index is 0.610. The smallest absolute Gasteiger partial charge is 0.0938 e. The van der Waals surface area contributed by atoms with E-state index in [0.717, 1.165) is 30.8 Å². The van der Waals surface area contributed by atoms with Crippen LogP contribution in [0.15, 0.2) is 30.3 Å². The number of rotatable bonds is 4. The van der Waals surface area contributed by atoms with E-state index in [2.05, 4.69) is 54.4 Å². The largest absolute Gasteiger partial charge is 0.368 e. The summed E-state index contributed by atoms with van der Waals surface area (Å²) in [5.41, 5.74) is 3.53. The molecule has 2 heterocycles. The molecule has 0 bridgehead atoms. The monoisotopic (exact) mass is 283 g/mol. The molecule has 0 spiro atoms. The molecule has 1 unspecified atom stereocenters. The molecule has 1 aliphatic heterocycles. The molecule has 112 valence electrons. The van der Waals surface area contributed by atoms with Crippen molar-refractivity contribution in [3.63, 3.8) is 0 Å². The van der Waals surface area contributed by atoms with E-state index in [0.29, 0.717) is 6.04 Å². The zero-order valence-electron chi connectivity index (χ0n) is 13.1. The Morgan fingerprint density at radius 3 is 3.05 bits per heavy atom. The van der Waals surface area contributed by atoms with Gasteiger partial charge >= 0.3 is 0 Å². The average molecular weight is 283 g/mol. The van der Waals surface area contributed by atoms with Crippen molar-refractivity contribution in [1.29, 1.82) is 0 Å². The summed E-state index contributed by atoms with van der Waals surface area (Å²) in [6.45, 7) is 7.64. The first-order valence-electron chi connectivity index (χ1n) is 8.12. The lowest BCUT2D eigenvalue weighted by Gasteiger charge is -2.35. The molecule has 1 fully saturated rings. The summed E-state index contributed by atoms with van der Waals surface area (Å²) < 4.78 is 0. The molecule has 1 N–H and O–H groups in total. The summed E-state index contributed by atoms with van der Waals surface area (Å²) in [7, 11) is 0. The number of nitrogens with one attached hydrogen (secondary N) is 1. The highest BCUT2D eigenvalue weighted by molar-refractivity contribution is 5.91. The first kappa shape index (κ1) is 14.3. The lowest BCUT2D eigenvalue weighted by molar-refractivity contribution is 0.424. The Balaban J connectivity index is 1.87. The Hall–Kier alpha value is -1.61. The van der Waals surface area contributed by atoms with E-state index < -0.39 is 0 Å². The van der Waals surface area contributed by atoms with Crippen molar-refractivity contribution < 1.29 is 0 Å². The van der Waals surface area contributed by atoms with Gasteiger partial charge in [0, 0.05) is 30.2 Å². The molecule has 0 aliphatic carbocycles. The highest BCUT2D eigenvalue weighted by Gasteiger charge is 2.21.